The van der Waals surface area contributed by atoms with Gasteiger partial charge in [-0.05, 0) is 25.7 Å². The summed E-state index contributed by atoms with van der Waals surface area (Å²) in [6, 6.07) is 0. The molecule has 1 fully saturated rings. The molecule has 5 heteroatoms. The third-order valence-corrected chi connectivity index (χ3v) is 3.68. The predicted molar refractivity (Wildman–Crippen MR) is 77.3 cm³/mol. The van der Waals surface area contributed by atoms with Crippen molar-refractivity contribution >= 4 is 11.5 Å². The number of aromatic nitrogens is 2. The number of nitrogen functional groups attached to an aromatic ring is 1. The van der Waals surface area contributed by atoms with E-state index in [0.29, 0.717) is 24.0 Å². The molecule has 0 aromatic carbocycles. The minimum atomic E-state index is 0.468. The molecule has 1 saturated carbocycles. The summed E-state index contributed by atoms with van der Waals surface area (Å²) in [7, 11) is 0. The van der Waals surface area contributed by atoms with E-state index < -0.39 is 0 Å². The third-order valence-electron chi connectivity index (χ3n) is 3.68. The lowest BCUT2D eigenvalue weighted by Crippen LogP contribution is -2.09. The smallest absolute Gasteiger partial charge is 0.242 e. The van der Waals surface area contributed by atoms with Crippen LogP contribution in [0, 0.1) is 5.92 Å². The molecule has 0 aliphatic heterocycles. The minimum absolute atomic E-state index is 0.468. The number of hydrogen-bond acceptors (Lipinski definition) is 5. The monoisotopic (exact) mass is 264 g/mol. The summed E-state index contributed by atoms with van der Waals surface area (Å²) in [6.07, 6.45) is 9.59. The average Bonchev–Trinajstić information content (AvgIpc) is 2.92. The highest BCUT2D eigenvalue weighted by atomic mass is 16.5. The van der Waals surface area contributed by atoms with E-state index in [1.807, 2.05) is 6.92 Å². The quantitative estimate of drug-likeness (QED) is 0.741. The molecule has 1 aromatic heterocycles. The van der Waals surface area contributed by atoms with Gasteiger partial charge in [0.2, 0.25) is 5.88 Å². The lowest BCUT2D eigenvalue weighted by atomic mass is 10.0. The van der Waals surface area contributed by atoms with Crippen molar-refractivity contribution in [1.29, 1.82) is 0 Å². The van der Waals surface area contributed by atoms with Gasteiger partial charge in [0.1, 0.15) is 12.0 Å². The van der Waals surface area contributed by atoms with Crippen LogP contribution in [0.3, 0.4) is 0 Å². The van der Waals surface area contributed by atoms with E-state index in [0.717, 1.165) is 18.9 Å². The van der Waals surface area contributed by atoms with Crippen molar-refractivity contribution in [1.82, 2.24) is 9.97 Å². The fourth-order valence-electron chi connectivity index (χ4n) is 2.67. The Hall–Kier alpha value is -1.52. The molecule has 0 saturated heterocycles. The second-order valence-corrected chi connectivity index (χ2v) is 5.09. The Labute approximate surface area is 115 Å². The first-order valence-corrected chi connectivity index (χ1v) is 7.28. The van der Waals surface area contributed by atoms with Gasteiger partial charge in [-0.25, -0.2) is 4.98 Å². The van der Waals surface area contributed by atoms with Crippen LogP contribution in [0.15, 0.2) is 6.33 Å². The van der Waals surface area contributed by atoms with E-state index in [2.05, 4.69) is 15.3 Å². The number of nitrogens with one attached hydrogen (secondary N) is 1. The maximum atomic E-state index is 5.96. The SMILES string of the molecule is CCOc1ncnc(NCCCC2CCCC2)c1N. The van der Waals surface area contributed by atoms with Gasteiger partial charge in [0, 0.05) is 6.54 Å². The number of rotatable bonds is 7. The fourth-order valence-corrected chi connectivity index (χ4v) is 2.67. The summed E-state index contributed by atoms with van der Waals surface area (Å²) in [5.41, 5.74) is 6.47. The van der Waals surface area contributed by atoms with Crippen molar-refractivity contribution in [2.75, 3.05) is 24.2 Å². The van der Waals surface area contributed by atoms with Crippen molar-refractivity contribution in [3.05, 3.63) is 6.33 Å². The average molecular weight is 264 g/mol. The van der Waals surface area contributed by atoms with E-state index in [9.17, 15) is 0 Å². The lowest BCUT2D eigenvalue weighted by Gasteiger charge is -2.12. The first-order valence-electron chi connectivity index (χ1n) is 7.28. The summed E-state index contributed by atoms with van der Waals surface area (Å²) < 4.78 is 5.35. The molecule has 106 valence electrons. The molecule has 0 bridgehead atoms. The van der Waals surface area contributed by atoms with E-state index in [1.165, 1.54) is 38.4 Å². The van der Waals surface area contributed by atoms with E-state index in [4.69, 9.17) is 10.5 Å². The number of ether oxygens (including phenoxy) is 1. The highest BCUT2D eigenvalue weighted by Gasteiger charge is 2.14. The van der Waals surface area contributed by atoms with Gasteiger partial charge in [0.25, 0.3) is 0 Å². The summed E-state index contributed by atoms with van der Waals surface area (Å²) in [4.78, 5) is 8.18. The molecule has 0 atom stereocenters. The number of anilines is 2. The van der Waals surface area contributed by atoms with E-state index >= 15 is 0 Å². The topological polar surface area (TPSA) is 73.1 Å². The molecule has 1 heterocycles. The Kier molecular flexibility index (Phi) is 5.24. The van der Waals surface area contributed by atoms with Gasteiger partial charge in [-0.2, -0.15) is 4.98 Å². The number of nitrogens with two attached hydrogens (primary N) is 1. The first kappa shape index (κ1) is 13.9. The van der Waals surface area contributed by atoms with Crippen LogP contribution in [-0.4, -0.2) is 23.1 Å². The normalized spacial score (nSPS) is 15.6. The van der Waals surface area contributed by atoms with Crippen LogP contribution in [0.25, 0.3) is 0 Å². The molecule has 0 radical (unpaired) electrons. The van der Waals surface area contributed by atoms with Crippen LogP contribution in [0.1, 0.15) is 45.4 Å². The molecule has 19 heavy (non-hydrogen) atoms. The van der Waals surface area contributed by atoms with Crippen molar-refractivity contribution in [3.63, 3.8) is 0 Å². The second kappa shape index (κ2) is 7.16. The molecular formula is C14H24N4O. The summed E-state index contributed by atoms with van der Waals surface area (Å²) in [5, 5.41) is 3.28. The highest BCUT2D eigenvalue weighted by Crippen LogP contribution is 2.29. The molecule has 0 amide bonds. The Bertz CT molecular complexity index is 391. The number of nitrogens with zero attached hydrogens (tertiary/aromatic N) is 2. The summed E-state index contributed by atoms with van der Waals surface area (Å²) in [5.74, 6) is 2.09. The minimum Gasteiger partial charge on any atom is -0.476 e. The predicted octanol–water partition coefficient (Wildman–Crippen LogP) is 2.84. The van der Waals surface area contributed by atoms with Gasteiger partial charge in [0.15, 0.2) is 5.82 Å². The molecular weight excluding hydrogens is 240 g/mol. The zero-order chi connectivity index (χ0) is 13.5. The number of hydrogen-bond donors (Lipinski definition) is 2. The Morgan fingerprint density at radius 1 is 1.37 bits per heavy atom. The van der Waals surface area contributed by atoms with Gasteiger partial charge < -0.3 is 15.8 Å². The van der Waals surface area contributed by atoms with Crippen LogP contribution >= 0.6 is 0 Å². The summed E-state index contributed by atoms with van der Waals surface area (Å²) in [6.45, 7) is 3.38. The van der Waals surface area contributed by atoms with Gasteiger partial charge in [-0.1, -0.05) is 25.7 Å². The summed E-state index contributed by atoms with van der Waals surface area (Å²) >= 11 is 0. The molecule has 1 aliphatic rings. The van der Waals surface area contributed by atoms with Crippen molar-refractivity contribution in [2.45, 2.75) is 45.4 Å². The molecule has 5 nitrogen and oxygen atoms in total. The van der Waals surface area contributed by atoms with Crippen molar-refractivity contribution in [2.24, 2.45) is 5.92 Å². The maximum absolute atomic E-state index is 5.96. The highest BCUT2D eigenvalue weighted by molar-refractivity contribution is 5.66. The lowest BCUT2D eigenvalue weighted by molar-refractivity contribution is 0.328. The fraction of sp³-hybridized carbons (Fsp3) is 0.714. The molecule has 0 spiro atoms. The van der Waals surface area contributed by atoms with Crippen molar-refractivity contribution < 1.29 is 4.74 Å². The van der Waals surface area contributed by atoms with Gasteiger partial charge in [0.05, 0.1) is 6.61 Å². The standard InChI is InChI=1S/C14H24N4O/c1-2-19-14-12(15)13(17-10-18-14)16-9-5-8-11-6-3-4-7-11/h10-11H,2-9,15H2,1H3,(H,16,17,18). The third kappa shape index (κ3) is 3.98. The molecule has 3 N–H and O–H groups in total. The van der Waals surface area contributed by atoms with Crippen LogP contribution in [0.2, 0.25) is 0 Å². The zero-order valence-electron chi connectivity index (χ0n) is 11.7. The van der Waals surface area contributed by atoms with Gasteiger partial charge in [-0.3, -0.25) is 0 Å². The molecule has 0 unspecified atom stereocenters. The molecule has 1 aliphatic carbocycles. The first-order chi connectivity index (χ1) is 9.31. The van der Waals surface area contributed by atoms with Gasteiger partial charge in [-0.15, -0.1) is 0 Å². The Morgan fingerprint density at radius 3 is 2.89 bits per heavy atom. The Morgan fingerprint density at radius 2 is 2.16 bits per heavy atom. The largest absolute Gasteiger partial charge is 0.476 e. The van der Waals surface area contributed by atoms with Crippen LogP contribution in [-0.2, 0) is 0 Å². The second-order valence-electron chi connectivity index (χ2n) is 5.09. The molecule has 1 aromatic rings. The van der Waals surface area contributed by atoms with Crippen molar-refractivity contribution in [3.8, 4) is 5.88 Å². The zero-order valence-corrected chi connectivity index (χ0v) is 11.7. The van der Waals surface area contributed by atoms with E-state index in [-0.39, 0.29) is 0 Å². The van der Waals surface area contributed by atoms with E-state index in [1.54, 1.807) is 0 Å². The van der Waals surface area contributed by atoms with Crippen LogP contribution in [0.4, 0.5) is 11.5 Å². The van der Waals surface area contributed by atoms with Crippen LogP contribution in [0.5, 0.6) is 5.88 Å². The van der Waals surface area contributed by atoms with Gasteiger partial charge >= 0.3 is 0 Å². The molecule has 2 rings (SSSR count). The Balaban J connectivity index is 1.77. The maximum Gasteiger partial charge on any atom is 0.242 e. The van der Waals surface area contributed by atoms with Crippen LogP contribution < -0.4 is 15.8 Å².